The molecule has 37 heavy (non-hydrogen) atoms. The Labute approximate surface area is 217 Å². The van der Waals surface area contributed by atoms with Crippen molar-refractivity contribution in [2.45, 2.75) is 17.2 Å². The Morgan fingerprint density at radius 1 is 0.730 bits per heavy atom. The molecule has 4 rings (SSSR count). The molecule has 0 saturated heterocycles. The van der Waals surface area contributed by atoms with E-state index < -0.39 is 38.5 Å². The Kier molecular flexibility index (Phi) is 7.87. The Morgan fingerprint density at radius 3 is 1.97 bits per heavy atom. The molecule has 0 aliphatic carbocycles. The van der Waals surface area contributed by atoms with Crippen LogP contribution in [0.1, 0.15) is 11.3 Å². The Bertz CT molecular complexity index is 1540. The second-order valence-electron chi connectivity index (χ2n) is 7.40. The number of hydrogen-bond donors (Lipinski definition) is 0. The lowest BCUT2D eigenvalue weighted by Gasteiger charge is -2.13. The molecule has 2 aromatic carbocycles. The van der Waals surface area contributed by atoms with Crippen LogP contribution in [-0.2, 0) is 21.4 Å². The van der Waals surface area contributed by atoms with Crippen molar-refractivity contribution in [2.75, 3.05) is 0 Å². The van der Waals surface area contributed by atoms with Gasteiger partial charge in [0.2, 0.25) is 0 Å². The smallest absolute Gasteiger partial charge is 0.256 e. The number of pyridine rings is 1. The minimum Gasteiger partial charge on any atom is -0.256 e. The molecule has 2 aromatic heterocycles. The van der Waals surface area contributed by atoms with Crippen molar-refractivity contribution in [3.8, 4) is 33.9 Å². The van der Waals surface area contributed by atoms with Crippen LogP contribution < -0.4 is 0 Å². The van der Waals surface area contributed by atoms with Crippen LogP contribution in [0.3, 0.4) is 0 Å². The number of rotatable bonds is 4. The SMILES string of the molecule is Cl.O=S(=O)(Cl)c1ccccc1-c1cc(-c2nc(-c3ccc(C(F)(F)F)cc3)cc(C(F)(F)F)n2)ccn1. The molecule has 0 saturated carbocycles. The van der Waals surface area contributed by atoms with Crippen molar-refractivity contribution < 1.29 is 34.8 Å². The van der Waals surface area contributed by atoms with E-state index in [9.17, 15) is 34.8 Å². The summed E-state index contributed by atoms with van der Waals surface area (Å²) in [6.07, 6.45) is -8.27. The molecule has 194 valence electrons. The summed E-state index contributed by atoms with van der Waals surface area (Å²) in [6.45, 7) is 0. The van der Waals surface area contributed by atoms with Gasteiger partial charge in [0, 0.05) is 33.6 Å². The van der Waals surface area contributed by atoms with E-state index in [-0.39, 0.29) is 45.4 Å². The monoisotopic (exact) mass is 579 g/mol. The first-order valence-corrected chi connectivity index (χ1v) is 12.2. The maximum absolute atomic E-state index is 13.6. The molecule has 0 aliphatic rings. The molecule has 2 heterocycles. The Hall–Kier alpha value is -3.22. The fraction of sp³-hybridized carbons (Fsp3) is 0.0870. The maximum Gasteiger partial charge on any atom is 0.433 e. The average molecular weight is 580 g/mol. The van der Waals surface area contributed by atoms with Gasteiger partial charge in [-0.15, -0.1) is 12.4 Å². The first kappa shape index (κ1) is 28.4. The number of aromatic nitrogens is 3. The molecule has 0 fully saturated rings. The predicted octanol–water partition coefficient (Wildman–Crippen LogP) is 7.26. The predicted molar refractivity (Wildman–Crippen MR) is 126 cm³/mol. The van der Waals surface area contributed by atoms with Crippen molar-refractivity contribution in [1.82, 2.24) is 15.0 Å². The molecule has 0 atom stereocenters. The van der Waals surface area contributed by atoms with E-state index >= 15 is 0 Å². The number of halogens is 8. The van der Waals surface area contributed by atoms with Crippen LogP contribution in [0, 0.1) is 0 Å². The lowest BCUT2D eigenvalue weighted by Crippen LogP contribution is -2.10. The van der Waals surface area contributed by atoms with Crippen molar-refractivity contribution in [3.63, 3.8) is 0 Å². The molecule has 0 aliphatic heterocycles. The van der Waals surface area contributed by atoms with Crippen LogP contribution in [0.15, 0.2) is 77.8 Å². The second-order valence-corrected chi connectivity index (χ2v) is 9.93. The minimum atomic E-state index is -4.88. The standard InChI is InChI=1S/C23H12ClF6N3O2S.ClH/c24-36(34,35)19-4-2-1-3-16(19)18-11-14(9-10-31-18)21-32-17(12-20(33-21)23(28,29)30)13-5-7-15(8-6-13)22(25,26)27;/h1-12H;1H. The van der Waals surface area contributed by atoms with Crippen LogP contribution in [0.25, 0.3) is 33.9 Å². The lowest BCUT2D eigenvalue weighted by atomic mass is 10.1. The largest absolute Gasteiger partial charge is 0.433 e. The zero-order valence-corrected chi connectivity index (χ0v) is 20.4. The molecule has 0 amide bonds. The van der Waals surface area contributed by atoms with Crippen molar-refractivity contribution in [3.05, 3.63) is 84.2 Å². The van der Waals surface area contributed by atoms with Gasteiger partial charge in [-0.1, -0.05) is 30.3 Å². The van der Waals surface area contributed by atoms with Crippen molar-refractivity contribution >= 4 is 32.1 Å². The summed E-state index contributed by atoms with van der Waals surface area (Å²) in [5.41, 5.74) is -2.31. The van der Waals surface area contributed by atoms with E-state index in [4.69, 9.17) is 10.7 Å². The molecule has 14 heteroatoms. The molecule has 0 spiro atoms. The summed E-state index contributed by atoms with van der Waals surface area (Å²) >= 11 is 0. The second kappa shape index (κ2) is 10.3. The molecule has 0 radical (unpaired) electrons. The number of nitrogens with zero attached hydrogens (tertiary/aromatic N) is 3. The number of benzene rings is 2. The third-order valence-corrected chi connectivity index (χ3v) is 6.35. The molecule has 0 bridgehead atoms. The van der Waals surface area contributed by atoms with E-state index in [0.29, 0.717) is 6.07 Å². The summed E-state index contributed by atoms with van der Waals surface area (Å²) < 4.78 is 103. The van der Waals surface area contributed by atoms with Crippen LogP contribution >= 0.6 is 23.1 Å². The van der Waals surface area contributed by atoms with E-state index in [1.165, 1.54) is 42.6 Å². The summed E-state index contributed by atoms with van der Waals surface area (Å²) in [4.78, 5) is 11.5. The first-order chi connectivity index (χ1) is 16.7. The van der Waals surface area contributed by atoms with E-state index in [2.05, 4.69) is 15.0 Å². The van der Waals surface area contributed by atoms with Crippen LogP contribution in [0.5, 0.6) is 0 Å². The number of hydrogen-bond acceptors (Lipinski definition) is 5. The first-order valence-electron chi connectivity index (χ1n) is 9.88. The fourth-order valence-electron chi connectivity index (χ4n) is 3.31. The van der Waals surface area contributed by atoms with Gasteiger partial charge in [-0.3, -0.25) is 4.98 Å². The Balaban J connectivity index is 0.00000380. The van der Waals surface area contributed by atoms with Gasteiger partial charge >= 0.3 is 12.4 Å². The highest BCUT2D eigenvalue weighted by molar-refractivity contribution is 8.13. The fourth-order valence-corrected chi connectivity index (χ4v) is 4.39. The summed E-state index contributed by atoms with van der Waals surface area (Å²) in [7, 11) is 1.32. The third kappa shape index (κ3) is 6.38. The highest BCUT2D eigenvalue weighted by Crippen LogP contribution is 2.35. The van der Waals surface area contributed by atoms with Crippen LogP contribution in [0.4, 0.5) is 26.3 Å². The quantitative estimate of drug-likeness (QED) is 0.188. The molecule has 5 nitrogen and oxygen atoms in total. The zero-order valence-electron chi connectivity index (χ0n) is 18.0. The van der Waals surface area contributed by atoms with Gasteiger partial charge in [0.25, 0.3) is 9.05 Å². The molecular weight excluding hydrogens is 567 g/mol. The van der Waals surface area contributed by atoms with E-state index in [1.807, 2.05) is 0 Å². The lowest BCUT2D eigenvalue weighted by molar-refractivity contribution is -0.141. The molecule has 4 aromatic rings. The van der Waals surface area contributed by atoms with Gasteiger partial charge in [0.05, 0.1) is 21.8 Å². The van der Waals surface area contributed by atoms with Crippen molar-refractivity contribution in [2.24, 2.45) is 0 Å². The zero-order chi connectivity index (χ0) is 26.3. The van der Waals surface area contributed by atoms with Gasteiger partial charge in [0.15, 0.2) is 5.82 Å². The van der Waals surface area contributed by atoms with Gasteiger partial charge in [0.1, 0.15) is 5.69 Å². The third-order valence-electron chi connectivity index (χ3n) is 4.97. The van der Waals surface area contributed by atoms with Crippen LogP contribution in [-0.4, -0.2) is 23.4 Å². The van der Waals surface area contributed by atoms with E-state index in [1.54, 1.807) is 0 Å². The van der Waals surface area contributed by atoms with Gasteiger partial charge in [-0.2, -0.15) is 26.3 Å². The number of alkyl halides is 6. The van der Waals surface area contributed by atoms with Gasteiger partial charge < -0.3 is 0 Å². The average Bonchev–Trinajstić information content (AvgIpc) is 2.82. The summed E-state index contributed by atoms with van der Waals surface area (Å²) in [5, 5.41) is 0. The van der Waals surface area contributed by atoms with Gasteiger partial charge in [-0.05, 0) is 36.4 Å². The van der Waals surface area contributed by atoms with Crippen molar-refractivity contribution in [1.29, 1.82) is 0 Å². The normalized spacial score (nSPS) is 12.2. The Morgan fingerprint density at radius 2 is 1.38 bits per heavy atom. The molecule has 0 N–H and O–H groups in total. The van der Waals surface area contributed by atoms with E-state index in [0.717, 1.165) is 24.3 Å². The highest BCUT2D eigenvalue weighted by Gasteiger charge is 2.34. The minimum absolute atomic E-state index is 0. The maximum atomic E-state index is 13.6. The molecular formula is C23H13Cl2F6N3O2S. The van der Waals surface area contributed by atoms with Crippen LogP contribution in [0.2, 0.25) is 0 Å². The summed E-state index contributed by atoms with van der Waals surface area (Å²) in [5.74, 6) is -0.394. The summed E-state index contributed by atoms with van der Waals surface area (Å²) in [6, 6.07) is 12.3. The van der Waals surface area contributed by atoms with Gasteiger partial charge in [-0.25, -0.2) is 18.4 Å². The topological polar surface area (TPSA) is 72.8 Å². The molecule has 0 unspecified atom stereocenters. The highest BCUT2D eigenvalue weighted by atomic mass is 35.7.